The van der Waals surface area contributed by atoms with Crippen LogP contribution in [0.2, 0.25) is 0 Å². The molecule has 5 heteroatoms. The van der Waals surface area contributed by atoms with Gasteiger partial charge in [0.15, 0.2) is 6.10 Å². The summed E-state index contributed by atoms with van der Waals surface area (Å²) in [5.74, 6) is 0.794. The lowest BCUT2D eigenvalue weighted by molar-refractivity contribution is 0.104. The maximum absolute atomic E-state index is 10.8. The molecule has 1 aromatic rings. The number of hydrogen-bond donors (Lipinski definition) is 2. The number of carbonyl (C=O) groups is 1. The summed E-state index contributed by atoms with van der Waals surface area (Å²) < 4.78 is 10.6. The van der Waals surface area contributed by atoms with Gasteiger partial charge in [-0.15, -0.1) is 0 Å². The van der Waals surface area contributed by atoms with Crippen molar-refractivity contribution in [2.45, 2.75) is 26.0 Å². The molecule has 1 fully saturated rings. The standard InChI is InChI=1S/C13H18N2O3/c1-8-5-10(9(2)14)3-4-12(8)17-7-11-6-15-13(16)18-11/h3-5,9,11H,6-7,14H2,1-2H3,(H,15,16)/t9-,11?/m1/s1. The van der Waals surface area contributed by atoms with E-state index in [9.17, 15) is 4.79 Å². The van der Waals surface area contributed by atoms with E-state index in [1.165, 1.54) is 0 Å². The number of carbonyl (C=O) groups excluding carboxylic acids is 1. The fourth-order valence-electron chi connectivity index (χ4n) is 1.83. The van der Waals surface area contributed by atoms with Crippen LogP contribution in [0.25, 0.3) is 0 Å². The first-order valence-electron chi connectivity index (χ1n) is 5.99. The number of nitrogens with one attached hydrogen (secondary N) is 1. The number of aryl methyl sites for hydroxylation is 1. The third-order valence-electron chi connectivity index (χ3n) is 2.90. The second-order valence-electron chi connectivity index (χ2n) is 4.53. The molecule has 0 aromatic heterocycles. The van der Waals surface area contributed by atoms with Crippen molar-refractivity contribution < 1.29 is 14.3 Å². The number of amides is 1. The molecule has 98 valence electrons. The average Bonchev–Trinajstić information content (AvgIpc) is 2.73. The lowest BCUT2D eigenvalue weighted by Gasteiger charge is -2.14. The maximum atomic E-state index is 10.8. The van der Waals surface area contributed by atoms with Crippen LogP contribution in [-0.4, -0.2) is 25.3 Å². The molecule has 0 aliphatic carbocycles. The summed E-state index contributed by atoms with van der Waals surface area (Å²) in [5.41, 5.74) is 7.92. The fourth-order valence-corrected chi connectivity index (χ4v) is 1.83. The Morgan fingerprint density at radius 2 is 2.39 bits per heavy atom. The highest BCUT2D eigenvalue weighted by Gasteiger charge is 2.23. The van der Waals surface area contributed by atoms with Crippen LogP contribution < -0.4 is 15.8 Å². The molecule has 1 unspecified atom stereocenters. The quantitative estimate of drug-likeness (QED) is 0.849. The van der Waals surface area contributed by atoms with Gasteiger partial charge in [0.05, 0.1) is 6.54 Å². The summed E-state index contributed by atoms with van der Waals surface area (Å²) in [6.45, 7) is 4.77. The molecule has 3 N–H and O–H groups in total. The highest BCUT2D eigenvalue weighted by Crippen LogP contribution is 2.22. The van der Waals surface area contributed by atoms with Crippen molar-refractivity contribution in [3.63, 3.8) is 0 Å². The Kier molecular flexibility index (Phi) is 3.72. The number of benzene rings is 1. The molecule has 2 atom stereocenters. The summed E-state index contributed by atoms with van der Waals surface area (Å²) >= 11 is 0. The Labute approximate surface area is 106 Å². The minimum Gasteiger partial charge on any atom is -0.489 e. The highest BCUT2D eigenvalue weighted by molar-refractivity contribution is 5.69. The normalized spacial score (nSPS) is 20.2. The molecule has 1 aromatic carbocycles. The van der Waals surface area contributed by atoms with Crippen molar-refractivity contribution >= 4 is 6.09 Å². The molecule has 18 heavy (non-hydrogen) atoms. The summed E-state index contributed by atoms with van der Waals surface area (Å²) in [5, 5.41) is 2.59. The molecule has 1 aliphatic rings. The topological polar surface area (TPSA) is 73.6 Å². The van der Waals surface area contributed by atoms with Gasteiger partial charge in [0.25, 0.3) is 0 Å². The van der Waals surface area contributed by atoms with Crippen molar-refractivity contribution in [3.8, 4) is 5.75 Å². The van der Waals surface area contributed by atoms with Crippen molar-refractivity contribution in [3.05, 3.63) is 29.3 Å². The third-order valence-corrected chi connectivity index (χ3v) is 2.90. The summed E-state index contributed by atoms with van der Waals surface area (Å²) in [4.78, 5) is 10.8. The monoisotopic (exact) mass is 250 g/mol. The average molecular weight is 250 g/mol. The molecule has 0 spiro atoms. The Hall–Kier alpha value is -1.75. The lowest BCUT2D eigenvalue weighted by atomic mass is 10.1. The van der Waals surface area contributed by atoms with E-state index in [4.69, 9.17) is 15.2 Å². The van der Waals surface area contributed by atoms with E-state index < -0.39 is 0 Å². The zero-order chi connectivity index (χ0) is 13.1. The van der Waals surface area contributed by atoms with E-state index in [0.29, 0.717) is 13.2 Å². The summed E-state index contributed by atoms with van der Waals surface area (Å²) in [7, 11) is 0. The number of alkyl carbamates (subject to hydrolysis) is 1. The fraction of sp³-hybridized carbons (Fsp3) is 0.462. The largest absolute Gasteiger partial charge is 0.489 e. The smallest absolute Gasteiger partial charge is 0.407 e. The molecule has 1 heterocycles. The minimum atomic E-state index is -0.382. The van der Waals surface area contributed by atoms with Crippen LogP contribution in [-0.2, 0) is 4.74 Å². The van der Waals surface area contributed by atoms with Gasteiger partial charge in [-0.1, -0.05) is 12.1 Å². The van der Waals surface area contributed by atoms with Crippen molar-refractivity contribution in [1.82, 2.24) is 5.32 Å². The zero-order valence-corrected chi connectivity index (χ0v) is 10.6. The first-order valence-corrected chi connectivity index (χ1v) is 5.99. The lowest BCUT2D eigenvalue weighted by Crippen LogP contribution is -2.22. The van der Waals surface area contributed by atoms with Crippen molar-refractivity contribution in [2.24, 2.45) is 5.73 Å². The van der Waals surface area contributed by atoms with Crippen molar-refractivity contribution in [2.75, 3.05) is 13.2 Å². The van der Waals surface area contributed by atoms with Crippen LogP contribution in [0.4, 0.5) is 4.79 Å². The summed E-state index contributed by atoms with van der Waals surface area (Å²) in [6.07, 6.45) is -0.599. The van der Waals surface area contributed by atoms with Crippen LogP contribution in [0, 0.1) is 6.92 Å². The second kappa shape index (κ2) is 5.27. The van der Waals surface area contributed by atoms with Gasteiger partial charge >= 0.3 is 6.09 Å². The number of hydrogen-bond acceptors (Lipinski definition) is 4. The van der Waals surface area contributed by atoms with Crippen LogP contribution >= 0.6 is 0 Å². The minimum absolute atomic E-state index is 0.0118. The van der Waals surface area contributed by atoms with Gasteiger partial charge < -0.3 is 20.5 Å². The Balaban J connectivity index is 1.95. The van der Waals surface area contributed by atoms with Gasteiger partial charge in [-0.3, -0.25) is 0 Å². The number of nitrogens with two attached hydrogens (primary N) is 1. The number of rotatable bonds is 4. The van der Waals surface area contributed by atoms with Crippen LogP contribution in [0.5, 0.6) is 5.75 Å². The summed E-state index contributed by atoms with van der Waals surface area (Å²) in [6, 6.07) is 5.88. The van der Waals surface area contributed by atoms with Gasteiger partial charge in [0.1, 0.15) is 12.4 Å². The van der Waals surface area contributed by atoms with Gasteiger partial charge in [0.2, 0.25) is 0 Å². The maximum Gasteiger partial charge on any atom is 0.407 e. The van der Waals surface area contributed by atoms with Crippen LogP contribution in [0.3, 0.4) is 0 Å². The second-order valence-corrected chi connectivity index (χ2v) is 4.53. The zero-order valence-electron chi connectivity index (χ0n) is 10.6. The molecular formula is C13H18N2O3. The van der Waals surface area contributed by atoms with Crippen LogP contribution in [0.15, 0.2) is 18.2 Å². The first kappa shape index (κ1) is 12.7. The van der Waals surface area contributed by atoms with Gasteiger partial charge in [-0.05, 0) is 31.0 Å². The molecule has 0 radical (unpaired) electrons. The predicted octanol–water partition coefficient (Wildman–Crippen LogP) is 1.50. The third kappa shape index (κ3) is 2.92. The van der Waals surface area contributed by atoms with E-state index in [0.717, 1.165) is 16.9 Å². The van der Waals surface area contributed by atoms with Gasteiger partial charge in [-0.2, -0.15) is 0 Å². The number of cyclic esters (lactones) is 1. The highest BCUT2D eigenvalue weighted by atomic mass is 16.6. The molecule has 1 saturated heterocycles. The van der Waals surface area contributed by atoms with E-state index in [-0.39, 0.29) is 18.2 Å². The Bertz CT molecular complexity index is 446. The Morgan fingerprint density at radius 3 is 2.94 bits per heavy atom. The molecule has 5 nitrogen and oxygen atoms in total. The first-order chi connectivity index (χ1) is 8.56. The molecule has 1 amide bonds. The molecule has 0 bridgehead atoms. The number of ether oxygens (including phenoxy) is 2. The molecule has 2 rings (SSSR count). The molecular weight excluding hydrogens is 232 g/mol. The van der Waals surface area contributed by atoms with E-state index >= 15 is 0 Å². The molecule has 1 aliphatic heterocycles. The van der Waals surface area contributed by atoms with Gasteiger partial charge in [-0.25, -0.2) is 4.79 Å². The van der Waals surface area contributed by atoms with E-state index in [2.05, 4.69) is 5.32 Å². The van der Waals surface area contributed by atoms with Crippen LogP contribution in [0.1, 0.15) is 24.1 Å². The van der Waals surface area contributed by atoms with Gasteiger partial charge in [0, 0.05) is 6.04 Å². The predicted molar refractivity (Wildman–Crippen MR) is 67.5 cm³/mol. The van der Waals surface area contributed by atoms with E-state index in [1.807, 2.05) is 32.0 Å². The Morgan fingerprint density at radius 1 is 1.61 bits per heavy atom. The van der Waals surface area contributed by atoms with Crippen molar-refractivity contribution in [1.29, 1.82) is 0 Å². The molecule has 0 saturated carbocycles. The van der Waals surface area contributed by atoms with E-state index in [1.54, 1.807) is 0 Å². The SMILES string of the molecule is Cc1cc([C@@H](C)N)ccc1OCC1CNC(=O)O1.